The molecule has 2 rings (SSSR count). The molecule has 1 heterocycles. The number of imidazole rings is 1. The van der Waals surface area contributed by atoms with E-state index in [-0.39, 0.29) is 0 Å². The van der Waals surface area contributed by atoms with Crippen molar-refractivity contribution in [3.05, 3.63) is 40.7 Å². The standard InChI is InChI=1S/C14H18ClN3/c1-4-8-18-9-10(2)16-14(18)17-13-7-5-6-12(15)11(13)3/h5-7,9H,4,8H2,1-3H3,(H,16,17). The van der Waals surface area contributed by atoms with Crippen LogP contribution in [-0.2, 0) is 6.54 Å². The van der Waals surface area contributed by atoms with Crippen molar-refractivity contribution in [3.63, 3.8) is 0 Å². The van der Waals surface area contributed by atoms with Crippen LogP contribution < -0.4 is 5.32 Å². The molecule has 4 heteroatoms. The lowest BCUT2D eigenvalue weighted by molar-refractivity contribution is 0.686. The first-order valence-electron chi connectivity index (χ1n) is 6.17. The van der Waals surface area contributed by atoms with Crippen molar-refractivity contribution >= 4 is 23.2 Å². The van der Waals surface area contributed by atoms with E-state index in [0.29, 0.717) is 0 Å². The van der Waals surface area contributed by atoms with Crippen molar-refractivity contribution in [2.45, 2.75) is 33.7 Å². The summed E-state index contributed by atoms with van der Waals surface area (Å²) in [5.74, 6) is 0.875. The second kappa shape index (κ2) is 5.44. The minimum atomic E-state index is 0.769. The largest absolute Gasteiger partial charge is 0.325 e. The maximum Gasteiger partial charge on any atom is 0.207 e. The second-order valence-electron chi connectivity index (χ2n) is 4.44. The molecule has 0 radical (unpaired) electrons. The summed E-state index contributed by atoms with van der Waals surface area (Å²) in [6.07, 6.45) is 3.14. The SMILES string of the molecule is CCCn1cc(C)nc1Nc1cccc(Cl)c1C. The molecule has 0 saturated carbocycles. The highest BCUT2D eigenvalue weighted by Gasteiger charge is 2.08. The van der Waals surface area contributed by atoms with Gasteiger partial charge in [0.1, 0.15) is 0 Å². The average molecular weight is 264 g/mol. The number of nitrogens with zero attached hydrogens (tertiary/aromatic N) is 2. The molecule has 0 aliphatic carbocycles. The predicted molar refractivity (Wildman–Crippen MR) is 76.7 cm³/mol. The van der Waals surface area contributed by atoms with Gasteiger partial charge in [-0.1, -0.05) is 24.6 Å². The molecular formula is C14H18ClN3. The van der Waals surface area contributed by atoms with Crippen LogP contribution in [0.2, 0.25) is 5.02 Å². The van der Waals surface area contributed by atoms with Crippen LogP contribution in [0.3, 0.4) is 0 Å². The van der Waals surface area contributed by atoms with Crippen molar-refractivity contribution in [1.82, 2.24) is 9.55 Å². The monoisotopic (exact) mass is 263 g/mol. The number of hydrogen-bond acceptors (Lipinski definition) is 2. The summed E-state index contributed by atoms with van der Waals surface area (Å²) in [4.78, 5) is 4.50. The first-order valence-corrected chi connectivity index (χ1v) is 6.55. The summed E-state index contributed by atoms with van der Waals surface area (Å²) >= 11 is 6.12. The molecule has 2 aromatic rings. The molecule has 0 saturated heterocycles. The fourth-order valence-corrected chi connectivity index (χ4v) is 2.10. The Balaban J connectivity index is 2.30. The Labute approximate surface area is 113 Å². The van der Waals surface area contributed by atoms with E-state index in [4.69, 9.17) is 11.6 Å². The third kappa shape index (κ3) is 2.67. The van der Waals surface area contributed by atoms with Gasteiger partial charge in [-0.3, -0.25) is 0 Å². The van der Waals surface area contributed by atoms with E-state index in [0.717, 1.165) is 40.9 Å². The van der Waals surface area contributed by atoms with Gasteiger partial charge in [-0.15, -0.1) is 0 Å². The number of nitrogens with one attached hydrogen (secondary N) is 1. The molecule has 0 amide bonds. The van der Waals surface area contributed by atoms with Gasteiger partial charge in [-0.05, 0) is 38.0 Å². The van der Waals surface area contributed by atoms with Crippen LogP contribution in [0.1, 0.15) is 24.6 Å². The van der Waals surface area contributed by atoms with Crippen LogP contribution in [0, 0.1) is 13.8 Å². The van der Waals surface area contributed by atoms with Crippen LogP contribution in [0.4, 0.5) is 11.6 Å². The lowest BCUT2D eigenvalue weighted by Gasteiger charge is -2.11. The Morgan fingerprint density at radius 2 is 2.11 bits per heavy atom. The number of halogens is 1. The summed E-state index contributed by atoms with van der Waals surface area (Å²) < 4.78 is 2.13. The highest BCUT2D eigenvalue weighted by molar-refractivity contribution is 6.31. The molecule has 0 bridgehead atoms. The van der Waals surface area contributed by atoms with E-state index in [2.05, 4.69) is 28.0 Å². The minimum absolute atomic E-state index is 0.769. The highest BCUT2D eigenvalue weighted by atomic mass is 35.5. The van der Waals surface area contributed by atoms with E-state index >= 15 is 0 Å². The number of rotatable bonds is 4. The second-order valence-corrected chi connectivity index (χ2v) is 4.84. The maximum atomic E-state index is 6.12. The summed E-state index contributed by atoms with van der Waals surface area (Å²) in [6, 6.07) is 5.85. The molecule has 3 nitrogen and oxygen atoms in total. The molecule has 0 unspecified atom stereocenters. The highest BCUT2D eigenvalue weighted by Crippen LogP contribution is 2.25. The molecule has 18 heavy (non-hydrogen) atoms. The smallest absolute Gasteiger partial charge is 0.207 e. The molecule has 0 spiro atoms. The predicted octanol–water partition coefficient (Wildman–Crippen LogP) is 4.31. The van der Waals surface area contributed by atoms with Crippen molar-refractivity contribution in [2.75, 3.05) is 5.32 Å². The fraction of sp³-hybridized carbons (Fsp3) is 0.357. The van der Waals surface area contributed by atoms with Gasteiger partial charge in [0.25, 0.3) is 0 Å². The lowest BCUT2D eigenvalue weighted by Crippen LogP contribution is -2.03. The Morgan fingerprint density at radius 1 is 1.33 bits per heavy atom. The number of benzene rings is 1. The van der Waals surface area contributed by atoms with Gasteiger partial charge in [0, 0.05) is 23.5 Å². The van der Waals surface area contributed by atoms with Crippen molar-refractivity contribution in [1.29, 1.82) is 0 Å². The van der Waals surface area contributed by atoms with E-state index < -0.39 is 0 Å². The first kappa shape index (κ1) is 13.0. The van der Waals surface area contributed by atoms with Gasteiger partial charge in [0.05, 0.1) is 5.69 Å². The van der Waals surface area contributed by atoms with Gasteiger partial charge in [-0.2, -0.15) is 0 Å². The molecular weight excluding hydrogens is 246 g/mol. The molecule has 1 aromatic heterocycles. The Bertz CT molecular complexity index is 546. The van der Waals surface area contributed by atoms with Crippen molar-refractivity contribution in [3.8, 4) is 0 Å². The van der Waals surface area contributed by atoms with Gasteiger partial charge < -0.3 is 9.88 Å². The van der Waals surface area contributed by atoms with Gasteiger partial charge in [-0.25, -0.2) is 4.98 Å². The quantitative estimate of drug-likeness (QED) is 0.891. The molecule has 1 aromatic carbocycles. The molecule has 0 aliphatic rings. The zero-order valence-electron chi connectivity index (χ0n) is 11.0. The zero-order valence-corrected chi connectivity index (χ0v) is 11.8. The number of anilines is 2. The van der Waals surface area contributed by atoms with Crippen LogP contribution >= 0.6 is 11.6 Å². The zero-order chi connectivity index (χ0) is 13.1. The van der Waals surface area contributed by atoms with Crippen LogP contribution in [0.5, 0.6) is 0 Å². The van der Waals surface area contributed by atoms with Crippen molar-refractivity contribution < 1.29 is 0 Å². The van der Waals surface area contributed by atoms with E-state index in [1.54, 1.807) is 0 Å². The molecule has 0 fully saturated rings. The lowest BCUT2D eigenvalue weighted by atomic mass is 10.2. The summed E-state index contributed by atoms with van der Waals surface area (Å²) in [5.41, 5.74) is 3.07. The maximum absolute atomic E-state index is 6.12. The molecule has 0 atom stereocenters. The van der Waals surface area contributed by atoms with Crippen LogP contribution in [0.15, 0.2) is 24.4 Å². The Morgan fingerprint density at radius 3 is 2.83 bits per heavy atom. The molecule has 96 valence electrons. The number of aryl methyl sites for hydroxylation is 2. The number of aromatic nitrogens is 2. The number of hydrogen-bond donors (Lipinski definition) is 1. The first-order chi connectivity index (χ1) is 8.61. The van der Waals surface area contributed by atoms with Crippen LogP contribution in [-0.4, -0.2) is 9.55 Å². The van der Waals surface area contributed by atoms with Gasteiger partial charge in [0.2, 0.25) is 5.95 Å². The Kier molecular flexibility index (Phi) is 3.92. The van der Waals surface area contributed by atoms with Gasteiger partial charge in [0.15, 0.2) is 0 Å². The third-order valence-corrected chi connectivity index (χ3v) is 3.29. The molecule has 0 aliphatic heterocycles. The fourth-order valence-electron chi connectivity index (χ4n) is 1.92. The topological polar surface area (TPSA) is 29.9 Å². The Hall–Kier alpha value is -1.48. The van der Waals surface area contributed by atoms with E-state index in [9.17, 15) is 0 Å². The third-order valence-electron chi connectivity index (χ3n) is 2.88. The van der Waals surface area contributed by atoms with Gasteiger partial charge >= 0.3 is 0 Å². The minimum Gasteiger partial charge on any atom is -0.325 e. The van der Waals surface area contributed by atoms with E-state index in [1.807, 2.05) is 32.0 Å². The van der Waals surface area contributed by atoms with E-state index in [1.165, 1.54) is 0 Å². The van der Waals surface area contributed by atoms with Crippen molar-refractivity contribution in [2.24, 2.45) is 0 Å². The normalized spacial score (nSPS) is 10.7. The molecule has 1 N–H and O–H groups in total. The summed E-state index contributed by atoms with van der Waals surface area (Å²) in [7, 11) is 0. The summed E-state index contributed by atoms with van der Waals surface area (Å²) in [6.45, 7) is 7.12. The average Bonchev–Trinajstić information content (AvgIpc) is 2.66. The summed E-state index contributed by atoms with van der Waals surface area (Å²) in [5, 5.41) is 4.12. The van der Waals surface area contributed by atoms with Crippen LogP contribution in [0.25, 0.3) is 0 Å².